The van der Waals surface area contributed by atoms with Crippen LogP contribution in [0.15, 0.2) is 34.3 Å². The highest BCUT2D eigenvalue weighted by molar-refractivity contribution is 7.97. The minimum atomic E-state index is 0.0956. The molecule has 1 heterocycles. The molecule has 1 saturated carbocycles. The van der Waals surface area contributed by atoms with Crippen molar-refractivity contribution in [1.29, 1.82) is 0 Å². The Kier molecular flexibility index (Phi) is 8.71. The zero-order chi connectivity index (χ0) is 22.2. The molecule has 0 aliphatic heterocycles. The van der Waals surface area contributed by atoms with Gasteiger partial charge in [0.2, 0.25) is 12.4 Å². The maximum atomic E-state index is 12.0. The van der Waals surface area contributed by atoms with Crippen LogP contribution in [0, 0.1) is 6.92 Å². The molecule has 0 atom stereocenters. The topological polar surface area (TPSA) is 90.4 Å². The Hall–Kier alpha value is -2.13. The van der Waals surface area contributed by atoms with Crippen molar-refractivity contribution in [2.24, 2.45) is 0 Å². The number of hydrogen-bond acceptors (Lipinski definition) is 7. The summed E-state index contributed by atoms with van der Waals surface area (Å²) in [5, 5.41) is 12.8. The predicted octanol–water partition coefficient (Wildman–Crippen LogP) is 4.62. The summed E-state index contributed by atoms with van der Waals surface area (Å²) in [6.45, 7) is 4.41. The maximum Gasteiger partial charge on any atom is 0.229 e. The zero-order valence-corrected chi connectivity index (χ0v) is 19.3. The number of rotatable bonds is 10. The third kappa shape index (κ3) is 6.43. The summed E-state index contributed by atoms with van der Waals surface area (Å²) in [5.74, 6) is 0.989. The number of anilines is 3. The van der Waals surface area contributed by atoms with Gasteiger partial charge < -0.3 is 10.4 Å². The molecule has 1 aliphatic rings. The molecular formula is C22H28ClN5O2S. The second kappa shape index (κ2) is 11.5. The van der Waals surface area contributed by atoms with Gasteiger partial charge in [-0.05, 0) is 68.5 Å². The second-order valence-corrected chi connectivity index (χ2v) is 9.04. The third-order valence-corrected chi connectivity index (χ3v) is 6.02. The molecule has 1 aromatic carbocycles. The number of aliphatic hydroxyl groups excluding tert-OH is 1. The highest BCUT2D eigenvalue weighted by Crippen LogP contribution is 2.31. The first-order valence-corrected chi connectivity index (χ1v) is 11.5. The maximum absolute atomic E-state index is 12.0. The van der Waals surface area contributed by atoms with Gasteiger partial charge in [0.25, 0.3) is 0 Å². The van der Waals surface area contributed by atoms with Crippen LogP contribution in [0.3, 0.4) is 0 Å². The molecule has 7 nitrogen and oxygen atoms in total. The van der Waals surface area contributed by atoms with Crippen molar-refractivity contribution in [3.8, 4) is 0 Å². The van der Waals surface area contributed by atoms with Crippen LogP contribution in [-0.4, -0.2) is 40.7 Å². The number of nitrogens with one attached hydrogen (secondary N) is 2. The van der Waals surface area contributed by atoms with E-state index in [0.29, 0.717) is 23.3 Å². The normalized spacial score (nSPS) is 14.6. The van der Waals surface area contributed by atoms with Gasteiger partial charge in [-0.1, -0.05) is 24.4 Å². The van der Waals surface area contributed by atoms with Gasteiger partial charge in [0.15, 0.2) is 0 Å². The summed E-state index contributed by atoms with van der Waals surface area (Å²) in [6.07, 6.45) is 8.50. The lowest BCUT2D eigenvalue weighted by atomic mass is 10.2. The molecular weight excluding hydrogens is 434 g/mol. The zero-order valence-electron chi connectivity index (χ0n) is 17.8. The number of amides is 1. The molecule has 166 valence electrons. The van der Waals surface area contributed by atoms with Gasteiger partial charge in [0.1, 0.15) is 5.82 Å². The minimum Gasteiger partial charge on any atom is -0.395 e. The molecule has 9 heteroatoms. The molecule has 3 rings (SSSR count). The Balaban J connectivity index is 1.86. The van der Waals surface area contributed by atoms with Crippen LogP contribution in [0.2, 0.25) is 0 Å². The minimum absolute atomic E-state index is 0.0956. The standard InChI is InChI=1S/C22H28ClN5O2S/c1-15-11-19(31-25-9-10-29)7-8-20(15)26-22-24-13-17(12-16(2)23)21(27-22)28(14-30)18-5-3-4-6-18/h7-8,11-14,18,25,29H,3-6,9-10H2,1-2H3,(H,24,26,27)/b16-12+. The summed E-state index contributed by atoms with van der Waals surface area (Å²) < 4.78 is 3.09. The summed E-state index contributed by atoms with van der Waals surface area (Å²) in [4.78, 5) is 23.9. The van der Waals surface area contributed by atoms with E-state index in [1.807, 2.05) is 25.1 Å². The number of halogens is 1. The first-order valence-electron chi connectivity index (χ1n) is 10.3. The lowest BCUT2D eigenvalue weighted by Gasteiger charge is -2.25. The molecule has 1 fully saturated rings. The fraction of sp³-hybridized carbons (Fsp3) is 0.409. The Morgan fingerprint density at radius 2 is 2.16 bits per heavy atom. The Labute approximate surface area is 192 Å². The van der Waals surface area contributed by atoms with Crippen molar-refractivity contribution in [3.63, 3.8) is 0 Å². The van der Waals surface area contributed by atoms with Gasteiger partial charge in [-0.25, -0.2) is 4.98 Å². The van der Waals surface area contributed by atoms with E-state index in [9.17, 15) is 4.79 Å². The van der Waals surface area contributed by atoms with Crippen molar-refractivity contribution in [3.05, 3.63) is 40.6 Å². The summed E-state index contributed by atoms with van der Waals surface area (Å²) in [5.41, 5.74) is 2.63. The van der Waals surface area contributed by atoms with Gasteiger partial charge in [0.05, 0.1) is 6.61 Å². The summed E-state index contributed by atoms with van der Waals surface area (Å²) >= 11 is 7.58. The van der Waals surface area contributed by atoms with E-state index in [4.69, 9.17) is 16.7 Å². The number of aryl methyl sites for hydroxylation is 1. The Bertz CT molecular complexity index is 930. The quantitative estimate of drug-likeness (QED) is 0.270. The van der Waals surface area contributed by atoms with Crippen LogP contribution in [0.1, 0.15) is 43.7 Å². The van der Waals surface area contributed by atoms with Crippen molar-refractivity contribution in [2.75, 3.05) is 23.4 Å². The number of allylic oxidation sites excluding steroid dienone is 1. The number of hydrogen-bond donors (Lipinski definition) is 3. The van der Waals surface area contributed by atoms with E-state index >= 15 is 0 Å². The molecule has 0 unspecified atom stereocenters. The van der Waals surface area contributed by atoms with E-state index in [0.717, 1.165) is 53.8 Å². The van der Waals surface area contributed by atoms with Gasteiger partial charge in [-0.2, -0.15) is 4.98 Å². The van der Waals surface area contributed by atoms with E-state index in [-0.39, 0.29) is 12.6 Å². The van der Waals surface area contributed by atoms with Crippen molar-refractivity contribution >= 4 is 53.5 Å². The Morgan fingerprint density at radius 1 is 1.39 bits per heavy atom. The van der Waals surface area contributed by atoms with E-state index in [1.165, 1.54) is 11.9 Å². The molecule has 1 aromatic heterocycles. The largest absolute Gasteiger partial charge is 0.395 e. The Morgan fingerprint density at radius 3 is 2.81 bits per heavy atom. The summed E-state index contributed by atoms with van der Waals surface area (Å²) in [6, 6.07) is 6.14. The van der Waals surface area contributed by atoms with Crippen LogP contribution in [0.25, 0.3) is 6.08 Å². The first kappa shape index (κ1) is 23.5. The van der Waals surface area contributed by atoms with Crippen molar-refractivity contribution < 1.29 is 9.90 Å². The van der Waals surface area contributed by atoms with Crippen LogP contribution < -0.4 is 14.9 Å². The van der Waals surface area contributed by atoms with Crippen molar-refractivity contribution in [2.45, 2.75) is 50.5 Å². The van der Waals surface area contributed by atoms with Crippen LogP contribution in [-0.2, 0) is 4.79 Å². The summed E-state index contributed by atoms with van der Waals surface area (Å²) in [7, 11) is 0. The monoisotopic (exact) mass is 461 g/mol. The van der Waals surface area contributed by atoms with Crippen LogP contribution in [0.5, 0.6) is 0 Å². The molecule has 1 amide bonds. The average Bonchev–Trinajstić information content (AvgIpc) is 3.26. The smallest absolute Gasteiger partial charge is 0.229 e. The third-order valence-electron chi connectivity index (χ3n) is 5.07. The highest BCUT2D eigenvalue weighted by Gasteiger charge is 2.25. The number of aromatic nitrogens is 2. The van der Waals surface area contributed by atoms with E-state index in [2.05, 4.69) is 20.0 Å². The van der Waals surface area contributed by atoms with E-state index in [1.54, 1.807) is 24.1 Å². The highest BCUT2D eigenvalue weighted by atomic mass is 35.5. The number of nitrogens with zero attached hydrogens (tertiary/aromatic N) is 3. The number of carbonyl (C=O) groups is 1. The average molecular weight is 462 g/mol. The van der Waals surface area contributed by atoms with Gasteiger partial charge in [0, 0.05) is 40.0 Å². The van der Waals surface area contributed by atoms with E-state index < -0.39 is 0 Å². The molecule has 1 aliphatic carbocycles. The molecule has 0 bridgehead atoms. The first-order chi connectivity index (χ1) is 15.0. The van der Waals surface area contributed by atoms with Crippen LogP contribution in [0.4, 0.5) is 17.5 Å². The van der Waals surface area contributed by atoms with Gasteiger partial charge in [-0.15, -0.1) is 0 Å². The molecule has 0 radical (unpaired) electrons. The second-order valence-electron chi connectivity index (χ2n) is 7.48. The predicted molar refractivity (Wildman–Crippen MR) is 128 cm³/mol. The molecule has 31 heavy (non-hydrogen) atoms. The number of benzene rings is 1. The van der Waals surface area contributed by atoms with Gasteiger partial charge in [-0.3, -0.25) is 14.4 Å². The molecule has 3 N–H and O–H groups in total. The van der Waals surface area contributed by atoms with Crippen molar-refractivity contribution in [1.82, 2.24) is 14.7 Å². The van der Waals surface area contributed by atoms with Gasteiger partial charge >= 0.3 is 0 Å². The fourth-order valence-electron chi connectivity index (χ4n) is 3.60. The SMILES string of the molecule is C/C(Cl)=C\c1cnc(Nc2ccc(SNCCO)cc2C)nc1N(C=O)C1CCCC1. The van der Waals surface area contributed by atoms with Crippen LogP contribution >= 0.6 is 23.5 Å². The lowest BCUT2D eigenvalue weighted by Crippen LogP contribution is -2.33. The lowest BCUT2D eigenvalue weighted by molar-refractivity contribution is -0.107. The fourth-order valence-corrected chi connectivity index (χ4v) is 4.45. The number of carbonyl (C=O) groups excluding carboxylic acids is 1. The molecule has 2 aromatic rings. The molecule has 0 spiro atoms. The number of aliphatic hydroxyl groups is 1. The molecule has 0 saturated heterocycles.